The maximum absolute atomic E-state index is 13.3. The zero-order valence-corrected chi connectivity index (χ0v) is 20.3. The van der Waals surface area contributed by atoms with Gasteiger partial charge in [0, 0.05) is 12.2 Å². The number of anilines is 1. The zero-order chi connectivity index (χ0) is 24.7. The summed E-state index contributed by atoms with van der Waals surface area (Å²) < 4.78 is 25.4. The minimum atomic E-state index is -1.39. The second kappa shape index (κ2) is 9.16. The Morgan fingerprint density at radius 1 is 1.00 bits per heavy atom. The molecule has 2 N–H and O–H groups in total. The number of hydrogen-bond acceptors (Lipinski definition) is 6. The number of nitrogens with one attached hydrogen (secondary N) is 2. The standard InChI is InChI=1S/C27H25N3O5S/c31-25-16-30(13-12-28-25)36(33)22-7-4-18(5-8-22)19-2-1-3-21(14-19)29-26(32)27(10-11-27)20-6-9-23-24(15-20)35-17-34-23/h1-9,14-15H,10-13,16-17H2,(H,28,31)(H,29,32). The Labute approximate surface area is 211 Å². The van der Waals surface area contributed by atoms with Gasteiger partial charge in [-0.25, -0.2) is 0 Å². The maximum Gasteiger partial charge on any atom is 0.238 e. The first-order valence-corrected chi connectivity index (χ1v) is 13.0. The number of hydrogen-bond donors (Lipinski definition) is 2. The van der Waals surface area contributed by atoms with Crippen molar-refractivity contribution in [2.45, 2.75) is 23.2 Å². The maximum atomic E-state index is 13.3. The molecule has 2 fully saturated rings. The van der Waals surface area contributed by atoms with Gasteiger partial charge in [-0.3, -0.25) is 9.59 Å². The van der Waals surface area contributed by atoms with Crippen LogP contribution in [0.15, 0.2) is 71.6 Å². The fraction of sp³-hybridized carbons (Fsp3) is 0.259. The SMILES string of the molecule is O=C1CN([S+]([O-])c2ccc(-c3cccc(NC(=O)C4(c5ccc6c(c5)OCO6)CC4)c3)cc2)CCN1. The summed E-state index contributed by atoms with van der Waals surface area (Å²) in [5, 5.41) is 5.84. The van der Waals surface area contributed by atoms with Crippen LogP contribution in [0.25, 0.3) is 11.1 Å². The molecule has 2 amide bonds. The number of rotatable bonds is 6. The molecule has 3 aliphatic rings. The van der Waals surface area contributed by atoms with E-state index >= 15 is 0 Å². The molecule has 1 saturated heterocycles. The molecule has 0 bridgehead atoms. The highest BCUT2D eigenvalue weighted by molar-refractivity contribution is 7.89. The summed E-state index contributed by atoms with van der Waals surface area (Å²) in [4.78, 5) is 25.6. The van der Waals surface area contributed by atoms with E-state index < -0.39 is 16.8 Å². The topological polar surface area (TPSA) is 103 Å². The summed E-state index contributed by atoms with van der Waals surface area (Å²) in [6, 6.07) is 20.9. The summed E-state index contributed by atoms with van der Waals surface area (Å²) >= 11 is -1.39. The molecule has 36 heavy (non-hydrogen) atoms. The van der Waals surface area contributed by atoms with Crippen LogP contribution in [0.1, 0.15) is 18.4 Å². The zero-order valence-electron chi connectivity index (χ0n) is 19.5. The first kappa shape index (κ1) is 22.9. The average Bonchev–Trinajstić information content (AvgIpc) is 3.59. The third-order valence-corrected chi connectivity index (χ3v) is 8.31. The van der Waals surface area contributed by atoms with E-state index in [2.05, 4.69) is 10.6 Å². The summed E-state index contributed by atoms with van der Waals surface area (Å²) in [7, 11) is 0. The van der Waals surface area contributed by atoms with Gasteiger partial charge < -0.3 is 24.7 Å². The van der Waals surface area contributed by atoms with Crippen molar-refractivity contribution >= 4 is 28.9 Å². The molecule has 2 heterocycles. The van der Waals surface area contributed by atoms with Crippen molar-refractivity contribution in [3.63, 3.8) is 0 Å². The van der Waals surface area contributed by atoms with E-state index in [4.69, 9.17) is 9.47 Å². The monoisotopic (exact) mass is 503 g/mol. The van der Waals surface area contributed by atoms with Crippen molar-refractivity contribution in [3.8, 4) is 22.6 Å². The molecule has 2 aliphatic heterocycles. The second-order valence-electron chi connectivity index (χ2n) is 9.17. The van der Waals surface area contributed by atoms with Gasteiger partial charge in [0.15, 0.2) is 16.4 Å². The Kier molecular flexibility index (Phi) is 5.83. The molecule has 184 valence electrons. The Morgan fingerprint density at radius 2 is 1.81 bits per heavy atom. The molecular weight excluding hydrogens is 478 g/mol. The second-order valence-corrected chi connectivity index (χ2v) is 10.7. The highest BCUT2D eigenvalue weighted by Gasteiger charge is 2.51. The van der Waals surface area contributed by atoms with Crippen LogP contribution in [0.4, 0.5) is 5.69 Å². The number of fused-ring (bicyclic) bond motifs is 1. The summed E-state index contributed by atoms with van der Waals surface area (Å²) in [5.41, 5.74) is 3.00. The normalized spacial score (nSPS) is 18.9. The van der Waals surface area contributed by atoms with Gasteiger partial charge in [0.25, 0.3) is 0 Å². The molecular formula is C27H25N3O5S. The van der Waals surface area contributed by atoms with E-state index in [-0.39, 0.29) is 25.2 Å². The predicted octanol–water partition coefficient (Wildman–Crippen LogP) is 3.21. The first-order chi connectivity index (χ1) is 17.5. The van der Waals surface area contributed by atoms with E-state index in [1.54, 1.807) is 4.31 Å². The lowest BCUT2D eigenvalue weighted by molar-refractivity contribution is -0.122. The van der Waals surface area contributed by atoms with Crippen LogP contribution in [0, 0.1) is 0 Å². The molecule has 3 aromatic carbocycles. The van der Waals surface area contributed by atoms with Crippen molar-refractivity contribution in [3.05, 3.63) is 72.3 Å². The summed E-state index contributed by atoms with van der Waals surface area (Å²) in [6.45, 7) is 1.38. The minimum Gasteiger partial charge on any atom is -0.593 e. The molecule has 0 radical (unpaired) electrons. The highest BCUT2D eigenvalue weighted by atomic mass is 32.2. The Bertz CT molecular complexity index is 1330. The highest BCUT2D eigenvalue weighted by Crippen LogP contribution is 2.51. The number of benzene rings is 3. The lowest BCUT2D eigenvalue weighted by Gasteiger charge is -2.27. The van der Waals surface area contributed by atoms with E-state index in [1.165, 1.54) is 0 Å². The fourth-order valence-corrected chi connectivity index (χ4v) is 5.82. The van der Waals surface area contributed by atoms with Crippen LogP contribution in [0.5, 0.6) is 11.5 Å². The Balaban J connectivity index is 1.16. The Morgan fingerprint density at radius 3 is 2.58 bits per heavy atom. The van der Waals surface area contributed by atoms with Crippen molar-refractivity contribution < 1.29 is 23.6 Å². The van der Waals surface area contributed by atoms with Crippen molar-refractivity contribution in [1.82, 2.24) is 9.62 Å². The molecule has 8 nitrogen and oxygen atoms in total. The van der Waals surface area contributed by atoms with E-state index in [9.17, 15) is 14.1 Å². The number of carbonyl (C=O) groups is 2. The number of amides is 2. The van der Waals surface area contributed by atoms with E-state index in [1.807, 2.05) is 66.7 Å². The molecule has 1 atom stereocenters. The van der Waals surface area contributed by atoms with Crippen LogP contribution in [0.3, 0.4) is 0 Å². The molecule has 3 aromatic rings. The minimum absolute atomic E-state index is 0.0326. The van der Waals surface area contributed by atoms with Gasteiger partial charge in [0.1, 0.15) is 6.54 Å². The van der Waals surface area contributed by atoms with Gasteiger partial charge in [-0.2, -0.15) is 0 Å². The summed E-state index contributed by atoms with van der Waals surface area (Å²) in [5.74, 6) is 1.24. The van der Waals surface area contributed by atoms with Crippen LogP contribution in [-0.2, 0) is 26.4 Å². The molecule has 6 rings (SSSR count). The van der Waals surface area contributed by atoms with Gasteiger partial charge in [-0.15, -0.1) is 4.31 Å². The van der Waals surface area contributed by atoms with Gasteiger partial charge in [0.05, 0.1) is 23.3 Å². The lowest BCUT2D eigenvalue weighted by Crippen LogP contribution is -2.49. The smallest absolute Gasteiger partial charge is 0.238 e. The van der Waals surface area contributed by atoms with Crippen molar-refractivity contribution in [1.29, 1.82) is 0 Å². The Hall–Kier alpha value is -3.53. The largest absolute Gasteiger partial charge is 0.593 e. The molecule has 1 aliphatic carbocycles. The molecule has 1 saturated carbocycles. The summed E-state index contributed by atoms with van der Waals surface area (Å²) in [6.07, 6.45) is 1.57. The van der Waals surface area contributed by atoms with Crippen LogP contribution < -0.4 is 20.1 Å². The molecule has 0 spiro atoms. The van der Waals surface area contributed by atoms with Gasteiger partial charge in [-0.05, 0) is 78.1 Å². The molecule has 1 unspecified atom stereocenters. The fourth-order valence-electron chi connectivity index (χ4n) is 4.66. The molecule has 0 aromatic heterocycles. The lowest BCUT2D eigenvalue weighted by atomic mass is 9.94. The first-order valence-electron chi connectivity index (χ1n) is 11.9. The van der Waals surface area contributed by atoms with E-state index in [0.717, 1.165) is 35.2 Å². The quantitative estimate of drug-likeness (QED) is 0.501. The van der Waals surface area contributed by atoms with Crippen LogP contribution in [-0.4, -0.2) is 47.1 Å². The van der Waals surface area contributed by atoms with Gasteiger partial charge >= 0.3 is 0 Å². The van der Waals surface area contributed by atoms with Crippen molar-refractivity contribution in [2.24, 2.45) is 0 Å². The van der Waals surface area contributed by atoms with Crippen molar-refractivity contribution in [2.75, 3.05) is 31.7 Å². The average molecular weight is 504 g/mol. The molecule has 9 heteroatoms. The predicted molar refractivity (Wildman–Crippen MR) is 135 cm³/mol. The third kappa shape index (κ3) is 4.30. The van der Waals surface area contributed by atoms with Crippen LogP contribution in [0.2, 0.25) is 0 Å². The number of ether oxygens (including phenoxy) is 2. The van der Waals surface area contributed by atoms with Gasteiger partial charge in [0.2, 0.25) is 18.6 Å². The van der Waals surface area contributed by atoms with E-state index in [0.29, 0.717) is 29.5 Å². The number of piperazine rings is 1. The third-order valence-electron chi connectivity index (χ3n) is 6.86. The number of carbonyl (C=O) groups excluding carboxylic acids is 2. The van der Waals surface area contributed by atoms with Crippen LogP contribution >= 0.6 is 0 Å². The van der Waals surface area contributed by atoms with Gasteiger partial charge in [-0.1, -0.05) is 18.2 Å². The number of nitrogens with zero attached hydrogens (tertiary/aromatic N) is 1.